The fourth-order valence-electron chi connectivity index (χ4n) is 2.13. The van der Waals surface area contributed by atoms with Crippen molar-refractivity contribution in [2.24, 2.45) is 5.10 Å². The first-order chi connectivity index (χ1) is 13.4. The SMILES string of the molecule is CC[C@@H](C)NC(=O)C(=O)N/N=C\c1cc(Cl)ccc1OCc1ccccc1F. The van der Waals surface area contributed by atoms with E-state index < -0.39 is 11.8 Å². The molecule has 0 spiro atoms. The van der Waals surface area contributed by atoms with E-state index in [0.29, 0.717) is 28.3 Å². The van der Waals surface area contributed by atoms with E-state index >= 15 is 0 Å². The predicted molar refractivity (Wildman–Crippen MR) is 106 cm³/mol. The first-order valence-corrected chi connectivity index (χ1v) is 9.08. The second-order valence-corrected chi connectivity index (χ2v) is 6.48. The van der Waals surface area contributed by atoms with Gasteiger partial charge in [0.25, 0.3) is 0 Å². The zero-order valence-electron chi connectivity index (χ0n) is 15.5. The molecule has 0 aliphatic carbocycles. The number of nitrogens with one attached hydrogen (secondary N) is 2. The summed E-state index contributed by atoms with van der Waals surface area (Å²) in [5, 5.41) is 6.74. The van der Waals surface area contributed by atoms with Crippen LogP contribution in [0.5, 0.6) is 5.75 Å². The lowest BCUT2D eigenvalue weighted by Gasteiger charge is -2.11. The van der Waals surface area contributed by atoms with Gasteiger partial charge in [0.15, 0.2) is 0 Å². The zero-order valence-corrected chi connectivity index (χ0v) is 16.3. The molecule has 2 aromatic rings. The number of amides is 2. The first kappa shape index (κ1) is 21.4. The number of hydrogen-bond acceptors (Lipinski definition) is 4. The molecule has 0 heterocycles. The van der Waals surface area contributed by atoms with E-state index in [1.165, 1.54) is 12.3 Å². The third kappa shape index (κ3) is 6.35. The molecule has 0 aromatic heterocycles. The summed E-state index contributed by atoms with van der Waals surface area (Å²) >= 11 is 6.00. The first-order valence-electron chi connectivity index (χ1n) is 8.70. The molecule has 2 amide bonds. The Morgan fingerprint density at radius 2 is 2.00 bits per heavy atom. The smallest absolute Gasteiger partial charge is 0.329 e. The number of halogens is 2. The van der Waals surface area contributed by atoms with Crippen LogP contribution >= 0.6 is 11.6 Å². The van der Waals surface area contributed by atoms with Crippen LogP contribution in [0.1, 0.15) is 31.4 Å². The minimum absolute atomic E-state index is 0.0127. The Morgan fingerprint density at radius 1 is 1.25 bits per heavy atom. The van der Waals surface area contributed by atoms with E-state index in [2.05, 4.69) is 15.8 Å². The van der Waals surface area contributed by atoms with Gasteiger partial charge in [-0.05, 0) is 37.6 Å². The molecule has 0 bridgehead atoms. The minimum atomic E-state index is -0.882. The van der Waals surface area contributed by atoms with Crippen molar-refractivity contribution in [1.82, 2.24) is 10.7 Å². The van der Waals surface area contributed by atoms with E-state index in [9.17, 15) is 14.0 Å². The maximum Gasteiger partial charge on any atom is 0.329 e. The van der Waals surface area contributed by atoms with Crippen LogP contribution in [0.15, 0.2) is 47.6 Å². The zero-order chi connectivity index (χ0) is 20.5. The van der Waals surface area contributed by atoms with Gasteiger partial charge in [0, 0.05) is 22.2 Å². The van der Waals surface area contributed by atoms with Crippen LogP contribution in [0, 0.1) is 5.82 Å². The number of hydrogen-bond donors (Lipinski definition) is 2. The monoisotopic (exact) mass is 405 g/mol. The maximum absolute atomic E-state index is 13.7. The summed E-state index contributed by atoms with van der Waals surface area (Å²) in [6.45, 7) is 3.70. The van der Waals surface area contributed by atoms with Gasteiger partial charge in [0.1, 0.15) is 18.2 Å². The lowest BCUT2D eigenvalue weighted by molar-refractivity contribution is -0.139. The van der Waals surface area contributed by atoms with Gasteiger partial charge in [0.05, 0.1) is 6.21 Å². The second-order valence-electron chi connectivity index (χ2n) is 6.04. The third-order valence-electron chi connectivity index (χ3n) is 3.88. The third-order valence-corrected chi connectivity index (χ3v) is 4.11. The van der Waals surface area contributed by atoms with Gasteiger partial charge in [-0.2, -0.15) is 5.10 Å². The summed E-state index contributed by atoms with van der Waals surface area (Å²) in [4.78, 5) is 23.4. The molecular weight excluding hydrogens is 385 g/mol. The predicted octanol–water partition coefficient (Wildman–Crippen LogP) is 3.42. The molecule has 0 unspecified atom stereocenters. The number of rotatable bonds is 7. The molecule has 0 aliphatic rings. The van der Waals surface area contributed by atoms with Crippen LogP contribution in [-0.4, -0.2) is 24.1 Å². The van der Waals surface area contributed by atoms with Crippen molar-refractivity contribution in [2.75, 3.05) is 0 Å². The number of benzene rings is 2. The van der Waals surface area contributed by atoms with Crippen molar-refractivity contribution in [2.45, 2.75) is 32.9 Å². The largest absolute Gasteiger partial charge is 0.488 e. The highest BCUT2D eigenvalue weighted by molar-refractivity contribution is 6.35. The minimum Gasteiger partial charge on any atom is -0.488 e. The highest BCUT2D eigenvalue weighted by Crippen LogP contribution is 2.23. The van der Waals surface area contributed by atoms with Crippen molar-refractivity contribution >= 4 is 29.6 Å². The van der Waals surface area contributed by atoms with Gasteiger partial charge in [-0.15, -0.1) is 0 Å². The van der Waals surface area contributed by atoms with Crippen LogP contribution in [0.3, 0.4) is 0 Å². The fourth-order valence-corrected chi connectivity index (χ4v) is 2.31. The molecule has 1 atom stereocenters. The van der Waals surface area contributed by atoms with Crippen molar-refractivity contribution in [3.05, 3.63) is 64.4 Å². The standard InChI is InChI=1S/C20H21ClFN3O3/c1-3-13(2)24-19(26)20(27)25-23-11-15-10-16(21)8-9-18(15)28-12-14-6-4-5-7-17(14)22/h4-11,13H,3,12H2,1-2H3,(H,24,26)(H,25,27)/b23-11-/t13-/m1/s1. The van der Waals surface area contributed by atoms with E-state index in [0.717, 1.165) is 0 Å². The van der Waals surface area contributed by atoms with Gasteiger partial charge >= 0.3 is 11.8 Å². The quantitative estimate of drug-likeness (QED) is 0.421. The van der Waals surface area contributed by atoms with Gasteiger partial charge in [-0.3, -0.25) is 9.59 Å². The van der Waals surface area contributed by atoms with E-state index in [1.807, 2.05) is 6.92 Å². The van der Waals surface area contributed by atoms with Gasteiger partial charge < -0.3 is 10.1 Å². The van der Waals surface area contributed by atoms with Crippen LogP contribution in [0.2, 0.25) is 5.02 Å². The molecule has 28 heavy (non-hydrogen) atoms. The average molecular weight is 406 g/mol. The van der Waals surface area contributed by atoms with Gasteiger partial charge in [-0.1, -0.05) is 36.7 Å². The molecule has 6 nitrogen and oxygen atoms in total. The Bertz CT molecular complexity index is 874. The van der Waals surface area contributed by atoms with E-state index in [-0.39, 0.29) is 18.5 Å². The summed E-state index contributed by atoms with van der Waals surface area (Å²) < 4.78 is 19.4. The second kappa shape index (κ2) is 10.4. The Hall–Kier alpha value is -2.93. The maximum atomic E-state index is 13.7. The number of hydrazone groups is 1. The molecule has 2 N–H and O–H groups in total. The average Bonchev–Trinajstić information content (AvgIpc) is 2.68. The number of ether oxygens (including phenoxy) is 1. The topological polar surface area (TPSA) is 79.8 Å². The van der Waals surface area contributed by atoms with Crippen LogP contribution in [0.4, 0.5) is 4.39 Å². The Labute approximate surface area is 167 Å². The van der Waals surface area contributed by atoms with E-state index in [4.69, 9.17) is 16.3 Å². The fraction of sp³-hybridized carbons (Fsp3) is 0.250. The van der Waals surface area contributed by atoms with Crippen LogP contribution in [0.25, 0.3) is 0 Å². The molecule has 0 fully saturated rings. The van der Waals surface area contributed by atoms with E-state index in [1.54, 1.807) is 43.3 Å². The van der Waals surface area contributed by atoms with Gasteiger partial charge in [0.2, 0.25) is 0 Å². The van der Waals surface area contributed by atoms with Gasteiger partial charge in [-0.25, -0.2) is 9.82 Å². The number of nitrogens with zero attached hydrogens (tertiary/aromatic N) is 1. The molecule has 0 aliphatic heterocycles. The lowest BCUT2D eigenvalue weighted by Crippen LogP contribution is -2.41. The highest BCUT2D eigenvalue weighted by Gasteiger charge is 2.14. The summed E-state index contributed by atoms with van der Waals surface area (Å²) in [6, 6.07) is 11.0. The highest BCUT2D eigenvalue weighted by atomic mass is 35.5. The van der Waals surface area contributed by atoms with Crippen molar-refractivity contribution in [3.8, 4) is 5.75 Å². The Morgan fingerprint density at radius 3 is 2.71 bits per heavy atom. The molecule has 0 saturated heterocycles. The molecule has 2 rings (SSSR count). The van der Waals surface area contributed by atoms with Crippen molar-refractivity contribution in [3.63, 3.8) is 0 Å². The Balaban J connectivity index is 2.03. The Kier molecular flexibility index (Phi) is 7.95. The number of carbonyl (C=O) groups is 2. The molecule has 148 valence electrons. The van der Waals surface area contributed by atoms with Crippen molar-refractivity contribution in [1.29, 1.82) is 0 Å². The number of carbonyl (C=O) groups excluding carboxylic acids is 2. The lowest BCUT2D eigenvalue weighted by atomic mass is 10.2. The molecule has 0 radical (unpaired) electrons. The molecule has 2 aromatic carbocycles. The normalized spacial score (nSPS) is 11.9. The summed E-state index contributed by atoms with van der Waals surface area (Å²) in [7, 11) is 0. The van der Waals surface area contributed by atoms with Crippen molar-refractivity contribution < 1.29 is 18.7 Å². The molecular formula is C20H21ClFN3O3. The molecule has 0 saturated carbocycles. The molecule has 8 heteroatoms. The van der Waals surface area contributed by atoms with Crippen LogP contribution < -0.4 is 15.5 Å². The summed E-state index contributed by atoms with van der Waals surface area (Å²) in [5.41, 5.74) is 3.01. The van der Waals surface area contributed by atoms with Crippen LogP contribution in [-0.2, 0) is 16.2 Å². The summed E-state index contributed by atoms with van der Waals surface area (Å²) in [5.74, 6) is -1.62. The summed E-state index contributed by atoms with van der Waals surface area (Å²) in [6.07, 6.45) is 2.00.